The van der Waals surface area contributed by atoms with Crippen LogP contribution in [0, 0.1) is 5.82 Å². The van der Waals surface area contributed by atoms with E-state index >= 15 is 0 Å². The van der Waals surface area contributed by atoms with Crippen molar-refractivity contribution in [2.75, 3.05) is 24.3 Å². The topological polar surface area (TPSA) is 28.2 Å². The van der Waals surface area contributed by atoms with Gasteiger partial charge in [0.1, 0.15) is 11.6 Å². The molecular formula is C16H20FN3. The number of nitrogens with one attached hydrogen (secondary N) is 1. The third-order valence-electron chi connectivity index (χ3n) is 3.24. The van der Waals surface area contributed by atoms with Crippen LogP contribution in [0.5, 0.6) is 0 Å². The Labute approximate surface area is 119 Å². The van der Waals surface area contributed by atoms with Crippen molar-refractivity contribution in [3.05, 3.63) is 54.0 Å². The summed E-state index contributed by atoms with van der Waals surface area (Å²) in [5, 5.41) is 3.33. The third kappa shape index (κ3) is 3.26. The minimum Gasteiger partial charge on any atom is -0.377 e. The fraction of sp³-hybridized carbons (Fsp3) is 0.312. The van der Waals surface area contributed by atoms with Crippen LogP contribution in [0.1, 0.15) is 24.9 Å². The van der Waals surface area contributed by atoms with Crippen LogP contribution >= 0.6 is 0 Å². The molecule has 4 heteroatoms. The Balaban J connectivity index is 2.16. The van der Waals surface area contributed by atoms with Crippen LogP contribution in [0.4, 0.5) is 15.9 Å². The molecular weight excluding hydrogens is 253 g/mol. The van der Waals surface area contributed by atoms with Gasteiger partial charge < -0.3 is 10.2 Å². The van der Waals surface area contributed by atoms with Crippen LogP contribution in [-0.4, -0.2) is 19.1 Å². The highest BCUT2D eigenvalue weighted by molar-refractivity contribution is 5.49. The smallest absolute Gasteiger partial charge is 0.128 e. The monoisotopic (exact) mass is 273 g/mol. The quantitative estimate of drug-likeness (QED) is 0.897. The average molecular weight is 273 g/mol. The fourth-order valence-corrected chi connectivity index (χ4v) is 2.09. The van der Waals surface area contributed by atoms with Gasteiger partial charge in [-0.3, -0.25) is 0 Å². The van der Waals surface area contributed by atoms with Gasteiger partial charge in [0.05, 0.1) is 17.9 Å². The van der Waals surface area contributed by atoms with Gasteiger partial charge in [-0.2, -0.15) is 0 Å². The summed E-state index contributed by atoms with van der Waals surface area (Å²) >= 11 is 0. The van der Waals surface area contributed by atoms with E-state index in [0.717, 1.165) is 17.9 Å². The predicted octanol–water partition coefficient (Wildman–Crippen LogP) is 3.85. The second-order valence-electron chi connectivity index (χ2n) is 4.93. The SMILES string of the molecule is CCC(Nc1ccc(N(C)C)nc1)c1ccccc1F. The number of anilines is 2. The Morgan fingerprint density at radius 1 is 1.20 bits per heavy atom. The number of hydrogen-bond acceptors (Lipinski definition) is 3. The van der Waals surface area contributed by atoms with Crippen molar-refractivity contribution >= 4 is 11.5 Å². The minimum atomic E-state index is -0.176. The lowest BCUT2D eigenvalue weighted by atomic mass is 10.0. The maximum absolute atomic E-state index is 13.8. The minimum absolute atomic E-state index is 0.0526. The first kappa shape index (κ1) is 14.3. The summed E-state index contributed by atoms with van der Waals surface area (Å²) in [6, 6.07) is 10.7. The van der Waals surface area contributed by atoms with Crippen LogP contribution in [0.3, 0.4) is 0 Å². The molecule has 0 bridgehead atoms. The number of nitrogens with zero attached hydrogens (tertiary/aromatic N) is 2. The summed E-state index contributed by atoms with van der Waals surface area (Å²) in [6.45, 7) is 2.03. The molecule has 1 unspecified atom stereocenters. The molecule has 0 aliphatic heterocycles. The second-order valence-corrected chi connectivity index (χ2v) is 4.93. The summed E-state index contributed by atoms with van der Waals surface area (Å²) in [7, 11) is 3.90. The fourth-order valence-electron chi connectivity index (χ4n) is 2.09. The molecule has 1 atom stereocenters. The van der Waals surface area contributed by atoms with Crippen LogP contribution < -0.4 is 10.2 Å². The number of halogens is 1. The summed E-state index contributed by atoms with van der Waals surface area (Å²) in [6.07, 6.45) is 2.58. The lowest BCUT2D eigenvalue weighted by Gasteiger charge is -2.20. The molecule has 1 heterocycles. The van der Waals surface area contributed by atoms with Gasteiger partial charge in [-0.1, -0.05) is 25.1 Å². The van der Waals surface area contributed by atoms with E-state index in [1.54, 1.807) is 12.3 Å². The zero-order valence-electron chi connectivity index (χ0n) is 12.1. The van der Waals surface area contributed by atoms with Gasteiger partial charge in [0.2, 0.25) is 0 Å². The van der Waals surface area contributed by atoms with Crippen molar-refractivity contribution in [2.24, 2.45) is 0 Å². The van der Waals surface area contributed by atoms with Crippen LogP contribution in [-0.2, 0) is 0 Å². The highest BCUT2D eigenvalue weighted by atomic mass is 19.1. The standard InChI is InChI=1S/C16H20FN3/c1-4-15(13-7-5-6-8-14(13)17)19-12-9-10-16(18-11-12)20(2)3/h5-11,15,19H,4H2,1-3H3. The maximum atomic E-state index is 13.8. The molecule has 106 valence electrons. The van der Waals surface area contributed by atoms with Crippen molar-refractivity contribution in [3.8, 4) is 0 Å². The molecule has 1 aromatic heterocycles. The Bertz CT molecular complexity index is 552. The first-order valence-corrected chi connectivity index (χ1v) is 6.76. The Kier molecular flexibility index (Phi) is 4.56. The number of hydrogen-bond donors (Lipinski definition) is 1. The molecule has 0 aliphatic rings. The molecule has 0 spiro atoms. The van der Waals surface area contributed by atoms with Crippen molar-refractivity contribution in [1.29, 1.82) is 0 Å². The van der Waals surface area contributed by atoms with Gasteiger partial charge in [0.15, 0.2) is 0 Å². The molecule has 0 radical (unpaired) electrons. The van der Waals surface area contributed by atoms with Crippen LogP contribution in [0.2, 0.25) is 0 Å². The highest BCUT2D eigenvalue weighted by Crippen LogP contribution is 2.24. The lowest BCUT2D eigenvalue weighted by Crippen LogP contribution is -2.13. The number of benzene rings is 1. The summed E-state index contributed by atoms with van der Waals surface area (Å²) < 4.78 is 13.8. The van der Waals surface area contributed by atoms with E-state index in [0.29, 0.717) is 5.56 Å². The number of rotatable bonds is 5. The summed E-state index contributed by atoms with van der Waals surface area (Å²) in [4.78, 5) is 6.29. The van der Waals surface area contributed by atoms with Gasteiger partial charge in [0.25, 0.3) is 0 Å². The number of aromatic nitrogens is 1. The molecule has 0 saturated carbocycles. The van der Waals surface area contributed by atoms with Gasteiger partial charge in [-0.25, -0.2) is 9.37 Å². The Morgan fingerprint density at radius 3 is 2.50 bits per heavy atom. The van der Waals surface area contributed by atoms with Gasteiger partial charge >= 0.3 is 0 Å². The molecule has 2 rings (SSSR count). The van der Waals surface area contributed by atoms with Crippen molar-refractivity contribution in [3.63, 3.8) is 0 Å². The van der Waals surface area contributed by atoms with Crippen molar-refractivity contribution in [2.45, 2.75) is 19.4 Å². The average Bonchev–Trinajstić information content (AvgIpc) is 2.46. The number of pyridine rings is 1. The molecule has 0 saturated heterocycles. The van der Waals surface area contributed by atoms with E-state index in [1.807, 2.05) is 50.2 Å². The predicted molar refractivity (Wildman–Crippen MR) is 81.6 cm³/mol. The zero-order valence-corrected chi connectivity index (χ0v) is 12.1. The van der Waals surface area contributed by atoms with E-state index in [2.05, 4.69) is 10.3 Å². The zero-order chi connectivity index (χ0) is 14.5. The maximum Gasteiger partial charge on any atom is 0.128 e. The van der Waals surface area contributed by atoms with Crippen molar-refractivity contribution in [1.82, 2.24) is 4.98 Å². The summed E-state index contributed by atoms with van der Waals surface area (Å²) in [5.41, 5.74) is 1.58. The molecule has 3 nitrogen and oxygen atoms in total. The van der Waals surface area contributed by atoms with E-state index in [9.17, 15) is 4.39 Å². The van der Waals surface area contributed by atoms with Crippen LogP contribution in [0.15, 0.2) is 42.6 Å². The van der Waals surface area contributed by atoms with E-state index in [1.165, 1.54) is 6.07 Å². The molecule has 0 amide bonds. The first-order chi connectivity index (χ1) is 9.61. The molecule has 20 heavy (non-hydrogen) atoms. The van der Waals surface area contributed by atoms with Gasteiger partial charge in [0, 0.05) is 19.7 Å². The third-order valence-corrected chi connectivity index (χ3v) is 3.24. The molecule has 0 aliphatic carbocycles. The Morgan fingerprint density at radius 2 is 1.95 bits per heavy atom. The first-order valence-electron chi connectivity index (χ1n) is 6.76. The molecule has 1 aromatic carbocycles. The van der Waals surface area contributed by atoms with E-state index in [-0.39, 0.29) is 11.9 Å². The molecule has 2 aromatic rings. The largest absolute Gasteiger partial charge is 0.377 e. The van der Waals surface area contributed by atoms with Crippen LogP contribution in [0.25, 0.3) is 0 Å². The Hall–Kier alpha value is -2.10. The van der Waals surface area contributed by atoms with E-state index < -0.39 is 0 Å². The molecule has 1 N–H and O–H groups in total. The highest BCUT2D eigenvalue weighted by Gasteiger charge is 2.13. The van der Waals surface area contributed by atoms with E-state index in [4.69, 9.17) is 0 Å². The molecule has 0 fully saturated rings. The normalized spacial score (nSPS) is 12.0. The van der Waals surface area contributed by atoms with Gasteiger partial charge in [-0.05, 0) is 24.6 Å². The van der Waals surface area contributed by atoms with Crippen molar-refractivity contribution < 1.29 is 4.39 Å². The van der Waals surface area contributed by atoms with Gasteiger partial charge in [-0.15, -0.1) is 0 Å². The lowest BCUT2D eigenvalue weighted by molar-refractivity contribution is 0.587. The summed E-state index contributed by atoms with van der Waals surface area (Å²) in [5.74, 6) is 0.721. The second kappa shape index (κ2) is 6.37.